The molecule has 4 unspecified atom stereocenters. The lowest BCUT2D eigenvalue weighted by atomic mass is 9.82. The van der Waals surface area contributed by atoms with E-state index < -0.39 is 5.97 Å². The van der Waals surface area contributed by atoms with Crippen LogP contribution in [0.1, 0.15) is 38.5 Å². The van der Waals surface area contributed by atoms with Gasteiger partial charge in [0, 0.05) is 19.0 Å². The van der Waals surface area contributed by atoms with Gasteiger partial charge in [-0.05, 0) is 43.9 Å². The number of amides is 1. The number of carboxylic acids is 1. The van der Waals surface area contributed by atoms with Gasteiger partial charge in [-0.25, -0.2) is 0 Å². The number of piperidine rings is 1. The summed E-state index contributed by atoms with van der Waals surface area (Å²) in [6.45, 7) is 0.774. The Labute approximate surface area is 101 Å². The molecule has 17 heavy (non-hydrogen) atoms. The maximum atomic E-state index is 12.0. The molecule has 1 heterocycles. The zero-order valence-electron chi connectivity index (χ0n) is 9.97. The van der Waals surface area contributed by atoms with Crippen LogP contribution in [0.2, 0.25) is 0 Å². The van der Waals surface area contributed by atoms with Crippen molar-refractivity contribution in [1.82, 2.24) is 4.90 Å². The highest BCUT2D eigenvalue weighted by Gasteiger charge is 2.54. The maximum absolute atomic E-state index is 12.0. The first-order chi connectivity index (χ1) is 8.18. The van der Waals surface area contributed by atoms with E-state index in [0.29, 0.717) is 18.3 Å². The highest BCUT2D eigenvalue weighted by molar-refractivity contribution is 5.79. The smallest absolute Gasteiger partial charge is 0.308 e. The molecule has 2 saturated carbocycles. The summed E-state index contributed by atoms with van der Waals surface area (Å²) in [5, 5.41) is 9.38. The van der Waals surface area contributed by atoms with Gasteiger partial charge in [-0.3, -0.25) is 9.59 Å². The summed E-state index contributed by atoms with van der Waals surface area (Å²) in [4.78, 5) is 25.3. The number of carbonyl (C=O) groups is 2. The molecule has 2 aliphatic carbocycles. The zero-order valence-corrected chi connectivity index (χ0v) is 9.97. The minimum Gasteiger partial charge on any atom is -0.481 e. The fourth-order valence-electron chi connectivity index (χ4n) is 4.20. The molecule has 1 saturated heterocycles. The summed E-state index contributed by atoms with van der Waals surface area (Å²) in [5.74, 6) is -0.0446. The van der Waals surface area contributed by atoms with E-state index in [9.17, 15) is 14.7 Å². The molecular weight excluding hydrogens is 218 g/mol. The van der Waals surface area contributed by atoms with Gasteiger partial charge in [-0.15, -0.1) is 0 Å². The van der Waals surface area contributed by atoms with Crippen molar-refractivity contribution in [3.63, 3.8) is 0 Å². The number of hydrogen-bond acceptors (Lipinski definition) is 2. The van der Waals surface area contributed by atoms with Crippen LogP contribution in [0, 0.1) is 17.8 Å². The van der Waals surface area contributed by atoms with Crippen LogP contribution in [0.25, 0.3) is 0 Å². The lowest BCUT2D eigenvalue weighted by molar-refractivity contribution is -0.150. The Hall–Kier alpha value is -1.06. The van der Waals surface area contributed by atoms with Crippen molar-refractivity contribution < 1.29 is 14.7 Å². The van der Waals surface area contributed by atoms with Gasteiger partial charge in [0.25, 0.3) is 0 Å². The normalized spacial score (nSPS) is 40.9. The molecule has 4 nitrogen and oxygen atoms in total. The Balaban J connectivity index is 1.85. The first-order valence-electron chi connectivity index (χ1n) is 6.71. The van der Waals surface area contributed by atoms with Gasteiger partial charge < -0.3 is 10.0 Å². The topological polar surface area (TPSA) is 57.6 Å². The van der Waals surface area contributed by atoms with Gasteiger partial charge in [0.2, 0.25) is 5.91 Å². The van der Waals surface area contributed by atoms with Crippen molar-refractivity contribution in [2.24, 2.45) is 17.8 Å². The first-order valence-corrected chi connectivity index (χ1v) is 6.71. The Morgan fingerprint density at radius 3 is 2.71 bits per heavy atom. The Kier molecular flexibility index (Phi) is 2.60. The first kappa shape index (κ1) is 11.1. The summed E-state index contributed by atoms with van der Waals surface area (Å²) in [6, 6.07) is -0.000880. The molecule has 4 heteroatoms. The van der Waals surface area contributed by atoms with Gasteiger partial charge in [0.1, 0.15) is 0 Å². The highest BCUT2D eigenvalue weighted by atomic mass is 16.4. The summed E-state index contributed by atoms with van der Waals surface area (Å²) in [5.41, 5.74) is 0. The van der Waals surface area contributed by atoms with Crippen molar-refractivity contribution in [2.75, 3.05) is 6.54 Å². The maximum Gasteiger partial charge on any atom is 0.308 e. The molecule has 1 amide bonds. The third kappa shape index (κ3) is 1.65. The van der Waals surface area contributed by atoms with E-state index in [1.165, 1.54) is 0 Å². The van der Waals surface area contributed by atoms with Crippen molar-refractivity contribution >= 4 is 11.9 Å². The second-order valence-electron chi connectivity index (χ2n) is 5.73. The Morgan fingerprint density at radius 1 is 1.24 bits per heavy atom. The predicted octanol–water partition coefficient (Wildman–Crippen LogP) is 1.50. The van der Waals surface area contributed by atoms with E-state index in [-0.39, 0.29) is 17.9 Å². The lowest BCUT2D eigenvalue weighted by Gasteiger charge is -2.40. The van der Waals surface area contributed by atoms with Crippen LogP contribution in [0.4, 0.5) is 0 Å². The summed E-state index contributed by atoms with van der Waals surface area (Å²) >= 11 is 0. The Bertz CT molecular complexity index is 355. The SMILES string of the molecule is O=C(O)C1C2CCC(C2)C1N1CCCCC1=O. The Morgan fingerprint density at radius 2 is 2.00 bits per heavy atom. The summed E-state index contributed by atoms with van der Waals surface area (Å²) in [6.07, 6.45) is 5.79. The van der Waals surface area contributed by atoms with Crippen LogP contribution >= 0.6 is 0 Å². The van der Waals surface area contributed by atoms with E-state index in [2.05, 4.69) is 0 Å². The number of fused-ring (bicyclic) bond motifs is 2. The molecule has 0 radical (unpaired) electrons. The molecule has 94 valence electrons. The van der Waals surface area contributed by atoms with Crippen molar-refractivity contribution in [3.8, 4) is 0 Å². The van der Waals surface area contributed by atoms with Crippen LogP contribution in [0.5, 0.6) is 0 Å². The standard InChI is InChI=1S/C13H19NO3/c15-10-3-1-2-6-14(10)12-9-5-4-8(7-9)11(12)13(16)17/h8-9,11-12H,1-7H2,(H,16,17). The van der Waals surface area contributed by atoms with Crippen LogP contribution in [-0.4, -0.2) is 34.5 Å². The quantitative estimate of drug-likeness (QED) is 0.791. The summed E-state index contributed by atoms with van der Waals surface area (Å²) in [7, 11) is 0. The number of likely N-dealkylation sites (tertiary alicyclic amines) is 1. The second-order valence-corrected chi connectivity index (χ2v) is 5.73. The lowest BCUT2D eigenvalue weighted by Crippen LogP contribution is -2.51. The van der Waals surface area contributed by atoms with Gasteiger partial charge in [-0.2, -0.15) is 0 Å². The number of hydrogen-bond donors (Lipinski definition) is 1. The second kappa shape index (κ2) is 4.00. The number of rotatable bonds is 2. The average molecular weight is 237 g/mol. The molecule has 0 spiro atoms. The molecular formula is C13H19NO3. The van der Waals surface area contributed by atoms with Crippen LogP contribution < -0.4 is 0 Å². The molecule has 1 N–H and O–H groups in total. The highest BCUT2D eigenvalue weighted by Crippen LogP contribution is 2.51. The van der Waals surface area contributed by atoms with E-state index in [1.54, 1.807) is 0 Å². The number of aliphatic carboxylic acids is 1. The largest absolute Gasteiger partial charge is 0.481 e. The van der Waals surface area contributed by atoms with E-state index in [4.69, 9.17) is 0 Å². The molecule has 0 aromatic rings. The van der Waals surface area contributed by atoms with Crippen LogP contribution in [0.15, 0.2) is 0 Å². The van der Waals surface area contributed by atoms with Gasteiger partial charge in [-0.1, -0.05) is 0 Å². The molecule has 4 atom stereocenters. The van der Waals surface area contributed by atoms with E-state index >= 15 is 0 Å². The van der Waals surface area contributed by atoms with Crippen LogP contribution in [-0.2, 0) is 9.59 Å². The van der Waals surface area contributed by atoms with Crippen molar-refractivity contribution in [3.05, 3.63) is 0 Å². The minimum atomic E-state index is -0.694. The molecule has 0 aromatic carbocycles. The minimum absolute atomic E-state index is 0.000880. The van der Waals surface area contributed by atoms with Crippen molar-refractivity contribution in [2.45, 2.75) is 44.6 Å². The molecule has 2 bridgehead atoms. The molecule has 3 aliphatic rings. The fraction of sp³-hybridized carbons (Fsp3) is 0.846. The monoisotopic (exact) mass is 237 g/mol. The number of carboxylic acid groups (broad SMARTS) is 1. The number of carbonyl (C=O) groups excluding carboxylic acids is 1. The zero-order chi connectivity index (χ0) is 12.0. The van der Waals surface area contributed by atoms with Gasteiger partial charge in [0.05, 0.1) is 5.92 Å². The number of nitrogens with zero attached hydrogens (tertiary/aromatic N) is 1. The third-order valence-electron chi connectivity index (χ3n) is 4.88. The fourth-order valence-corrected chi connectivity index (χ4v) is 4.20. The third-order valence-corrected chi connectivity index (χ3v) is 4.88. The van der Waals surface area contributed by atoms with Gasteiger partial charge >= 0.3 is 5.97 Å². The van der Waals surface area contributed by atoms with Gasteiger partial charge in [0.15, 0.2) is 0 Å². The van der Waals surface area contributed by atoms with Crippen LogP contribution in [0.3, 0.4) is 0 Å². The summed E-state index contributed by atoms with van der Waals surface area (Å²) < 4.78 is 0. The van der Waals surface area contributed by atoms with E-state index in [1.807, 2.05) is 4.90 Å². The molecule has 3 rings (SSSR count). The van der Waals surface area contributed by atoms with Crippen molar-refractivity contribution in [1.29, 1.82) is 0 Å². The average Bonchev–Trinajstić information content (AvgIpc) is 2.89. The predicted molar refractivity (Wildman–Crippen MR) is 61.3 cm³/mol. The molecule has 0 aromatic heterocycles. The molecule has 1 aliphatic heterocycles. The molecule has 3 fully saturated rings. The van der Waals surface area contributed by atoms with E-state index in [0.717, 1.165) is 38.6 Å².